The highest BCUT2D eigenvalue weighted by Gasteiger charge is 2.31. The average Bonchev–Trinajstić information content (AvgIpc) is 2.84. The van der Waals surface area contributed by atoms with Crippen LogP contribution in [0.5, 0.6) is 0 Å². The molecule has 4 heteroatoms. The average molecular weight is 217 g/mol. The maximum absolute atomic E-state index is 11.2. The van der Waals surface area contributed by atoms with Gasteiger partial charge in [-0.1, -0.05) is 18.9 Å². The molecule has 0 radical (unpaired) electrons. The van der Waals surface area contributed by atoms with Gasteiger partial charge in [0.15, 0.2) is 0 Å². The van der Waals surface area contributed by atoms with Gasteiger partial charge in [-0.05, 0) is 31.6 Å². The van der Waals surface area contributed by atoms with Crippen LogP contribution in [0.3, 0.4) is 0 Å². The van der Waals surface area contributed by atoms with E-state index < -0.39 is 15.3 Å². The van der Waals surface area contributed by atoms with Crippen molar-refractivity contribution >= 4 is 10.0 Å². The SMILES string of the molecule is C=CC[C@H](CC1CC1)[C@H](C)S(N)(=O)=O. The van der Waals surface area contributed by atoms with E-state index in [-0.39, 0.29) is 5.92 Å². The predicted octanol–water partition coefficient (Wildman–Crippen LogP) is 1.66. The van der Waals surface area contributed by atoms with Crippen LogP contribution in [0.25, 0.3) is 0 Å². The van der Waals surface area contributed by atoms with Crippen molar-refractivity contribution in [1.82, 2.24) is 0 Å². The Hall–Kier alpha value is -0.350. The van der Waals surface area contributed by atoms with Crippen molar-refractivity contribution in [3.63, 3.8) is 0 Å². The van der Waals surface area contributed by atoms with Crippen molar-refractivity contribution < 1.29 is 8.42 Å². The Morgan fingerprint density at radius 2 is 2.14 bits per heavy atom. The first-order valence-electron chi connectivity index (χ1n) is 5.07. The second-order valence-corrected chi connectivity index (χ2v) is 6.18. The summed E-state index contributed by atoms with van der Waals surface area (Å²) in [6.07, 6.45) is 5.99. The molecule has 0 aromatic heterocycles. The molecule has 1 saturated carbocycles. The number of primary sulfonamides is 1. The lowest BCUT2D eigenvalue weighted by Gasteiger charge is -2.20. The number of hydrogen-bond acceptors (Lipinski definition) is 2. The first kappa shape index (κ1) is 11.7. The molecule has 82 valence electrons. The van der Waals surface area contributed by atoms with Crippen LogP contribution in [-0.2, 0) is 10.0 Å². The van der Waals surface area contributed by atoms with E-state index in [1.807, 2.05) is 0 Å². The molecule has 0 aromatic rings. The van der Waals surface area contributed by atoms with Crippen molar-refractivity contribution in [2.45, 2.75) is 37.9 Å². The molecule has 2 atom stereocenters. The maximum atomic E-state index is 11.2. The zero-order chi connectivity index (χ0) is 10.8. The third-order valence-corrected chi connectivity index (χ3v) is 4.41. The Balaban J connectivity index is 2.59. The molecule has 0 amide bonds. The van der Waals surface area contributed by atoms with Crippen molar-refractivity contribution in [2.75, 3.05) is 0 Å². The van der Waals surface area contributed by atoms with Crippen LogP contribution in [0, 0.1) is 11.8 Å². The minimum Gasteiger partial charge on any atom is -0.228 e. The highest BCUT2D eigenvalue weighted by Crippen LogP contribution is 2.38. The van der Waals surface area contributed by atoms with E-state index in [2.05, 4.69) is 6.58 Å². The molecular weight excluding hydrogens is 198 g/mol. The quantitative estimate of drug-likeness (QED) is 0.688. The maximum Gasteiger partial charge on any atom is 0.211 e. The second-order valence-electron chi connectivity index (χ2n) is 4.26. The summed E-state index contributed by atoms with van der Waals surface area (Å²) in [6.45, 7) is 5.36. The third-order valence-electron chi connectivity index (χ3n) is 2.98. The zero-order valence-electron chi connectivity index (χ0n) is 8.65. The summed E-state index contributed by atoms with van der Waals surface area (Å²) in [5, 5.41) is 4.70. The van der Waals surface area contributed by atoms with Gasteiger partial charge < -0.3 is 0 Å². The molecule has 0 aliphatic heterocycles. The Morgan fingerprint density at radius 1 is 1.57 bits per heavy atom. The largest absolute Gasteiger partial charge is 0.228 e. The highest BCUT2D eigenvalue weighted by molar-refractivity contribution is 7.89. The first-order valence-corrected chi connectivity index (χ1v) is 6.68. The van der Waals surface area contributed by atoms with Gasteiger partial charge >= 0.3 is 0 Å². The van der Waals surface area contributed by atoms with Gasteiger partial charge in [0, 0.05) is 0 Å². The van der Waals surface area contributed by atoms with Crippen molar-refractivity contribution in [2.24, 2.45) is 17.0 Å². The summed E-state index contributed by atoms with van der Waals surface area (Å²) in [5.74, 6) is 0.874. The molecule has 0 spiro atoms. The molecule has 0 heterocycles. The Bertz CT molecular complexity index is 293. The summed E-state index contributed by atoms with van der Waals surface area (Å²) in [4.78, 5) is 0. The fourth-order valence-corrected chi connectivity index (χ4v) is 2.50. The van der Waals surface area contributed by atoms with Crippen LogP contribution in [-0.4, -0.2) is 13.7 Å². The van der Waals surface area contributed by atoms with E-state index in [0.717, 1.165) is 18.8 Å². The highest BCUT2D eigenvalue weighted by atomic mass is 32.2. The van der Waals surface area contributed by atoms with Crippen LogP contribution in [0.1, 0.15) is 32.6 Å². The van der Waals surface area contributed by atoms with Gasteiger partial charge in [-0.3, -0.25) is 0 Å². The summed E-state index contributed by atoms with van der Waals surface area (Å²) in [5.41, 5.74) is 0. The van der Waals surface area contributed by atoms with Crippen LogP contribution < -0.4 is 5.14 Å². The minimum atomic E-state index is -3.39. The van der Waals surface area contributed by atoms with Gasteiger partial charge in [0.25, 0.3) is 0 Å². The lowest BCUT2D eigenvalue weighted by molar-refractivity contribution is 0.439. The summed E-state index contributed by atoms with van der Waals surface area (Å²) in [7, 11) is -3.39. The number of rotatable bonds is 6. The molecule has 0 saturated heterocycles. The van der Waals surface area contributed by atoms with Gasteiger partial charge in [0.2, 0.25) is 10.0 Å². The van der Waals surface area contributed by atoms with Crippen LogP contribution in [0.4, 0.5) is 0 Å². The fraction of sp³-hybridized carbons (Fsp3) is 0.800. The molecule has 0 unspecified atom stereocenters. The van der Waals surface area contributed by atoms with E-state index in [4.69, 9.17) is 5.14 Å². The smallest absolute Gasteiger partial charge is 0.211 e. The molecule has 1 fully saturated rings. The molecule has 3 nitrogen and oxygen atoms in total. The van der Waals surface area contributed by atoms with Crippen molar-refractivity contribution in [1.29, 1.82) is 0 Å². The Morgan fingerprint density at radius 3 is 2.50 bits per heavy atom. The lowest BCUT2D eigenvalue weighted by atomic mass is 9.95. The van der Waals surface area contributed by atoms with Gasteiger partial charge in [-0.25, -0.2) is 13.6 Å². The molecule has 1 aliphatic rings. The first-order chi connectivity index (χ1) is 6.45. The monoisotopic (exact) mass is 217 g/mol. The zero-order valence-corrected chi connectivity index (χ0v) is 9.46. The standard InChI is InChI=1S/C10H19NO2S/c1-3-4-10(7-9-5-6-9)8(2)14(11,12)13/h3,8-10H,1,4-7H2,2H3,(H2,11,12,13)/t8-,10+/m0/s1. The predicted molar refractivity (Wildman–Crippen MR) is 58.2 cm³/mol. The Labute approximate surface area is 86.4 Å². The lowest BCUT2D eigenvalue weighted by Crippen LogP contribution is -2.32. The minimum absolute atomic E-state index is 0.148. The molecule has 1 aliphatic carbocycles. The molecule has 1 rings (SSSR count). The fourth-order valence-electron chi connectivity index (χ4n) is 1.74. The van der Waals surface area contributed by atoms with Gasteiger partial charge in [0.1, 0.15) is 0 Å². The van der Waals surface area contributed by atoms with Gasteiger partial charge in [0.05, 0.1) is 5.25 Å². The van der Waals surface area contributed by atoms with Crippen molar-refractivity contribution in [3.05, 3.63) is 12.7 Å². The summed E-state index contributed by atoms with van der Waals surface area (Å²) >= 11 is 0. The van der Waals surface area contributed by atoms with E-state index in [1.165, 1.54) is 12.8 Å². The van der Waals surface area contributed by atoms with E-state index >= 15 is 0 Å². The molecule has 0 bridgehead atoms. The van der Waals surface area contributed by atoms with Crippen LogP contribution in [0.2, 0.25) is 0 Å². The van der Waals surface area contributed by atoms with Crippen LogP contribution >= 0.6 is 0 Å². The topological polar surface area (TPSA) is 60.2 Å². The van der Waals surface area contributed by atoms with E-state index in [0.29, 0.717) is 0 Å². The van der Waals surface area contributed by atoms with Crippen LogP contribution in [0.15, 0.2) is 12.7 Å². The number of allylic oxidation sites excluding steroid dienone is 1. The van der Waals surface area contributed by atoms with Crippen molar-refractivity contribution in [3.8, 4) is 0 Å². The van der Waals surface area contributed by atoms with E-state index in [9.17, 15) is 8.42 Å². The molecular formula is C10H19NO2S. The third kappa shape index (κ3) is 3.42. The van der Waals surface area contributed by atoms with Gasteiger partial charge in [-0.2, -0.15) is 0 Å². The molecule has 2 N–H and O–H groups in total. The normalized spacial score (nSPS) is 21.6. The van der Waals surface area contributed by atoms with Gasteiger partial charge in [-0.15, -0.1) is 6.58 Å². The molecule has 0 aromatic carbocycles. The summed E-state index contributed by atoms with van der Waals surface area (Å²) < 4.78 is 22.4. The number of sulfonamides is 1. The number of nitrogens with two attached hydrogens (primary N) is 1. The molecule has 14 heavy (non-hydrogen) atoms. The second kappa shape index (κ2) is 4.45. The number of hydrogen-bond donors (Lipinski definition) is 1. The van der Waals surface area contributed by atoms with E-state index in [1.54, 1.807) is 13.0 Å². The Kier molecular flexibility index (Phi) is 3.72. The summed E-state index contributed by atoms with van der Waals surface area (Å²) in [6, 6.07) is 0.